The summed E-state index contributed by atoms with van der Waals surface area (Å²) in [5, 5.41) is 21.3. The van der Waals surface area contributed by atoms with E-state index in [0.717, 1.165) is 5.57 Å². The Labute approximate surface area is 143 Å². The number of rotatable bonds is 8. The van der Waals surface area contributed by atoms with Gasteiger partial charge < -0.3 is 10.2 Å². The van der Waals surface area contributed by atoms with Gasteiger partial charge in [0.1, 0.15) is 11.3 Å². The van der Waals surface area contributed by atoms with Crippen LogP contribution in [-0.4, -0.2) is 33.2 Å². The summed E-state index contributed by atoms with van der Waals surface area (Å²) in [4.78, 5) is 37.2. The van der Waals surface area contributed by atoms with E-state index in [-0.39, 0.29) is 25.2 Å². The van der Waals surface area contributed by atoms with Crippen molar-refractivity contribution in [1.29, 1.82) is 0 Å². The molecule has 2 atom stereocenters. The maximum atomic E-state index is 12.6. The predicted molar refractivity (Wildman–Crippen MR) is 91.5 cm³/mol. The average Bonchev–Trinajstić information content (AvgIpc) is 2.70. The summed E-state index contributed by atoms with van der Waals surface area (Å²) in [6.45, 7) is 9.13. The minimum Gasteiger partial charge on any atom is -0.508 e. The van der Waals surface area contributed by atoms with Crippen molar-refractivity contribution in [3.05, 3.63) is 23.0 Å². The first-order chi connectivity index (χ1) is 11.1. The van der Waals surface area contributed by atoms with E-state index in [1.165, 1.54) is 0 Å². The Balaban J connectivity index is 3.32. The van der Waals surface area contributed by atoms with Gasteiger partial charge in [0.2, 0.25) is 0 Å². The number of aliphatic hydroxyl groups excluding tert-OH is 1. The summed E-state index contributed by atoms with van der Waals surface area (Å²) in [6.07, 6.45) is 2.45. The quantitative estimate of drug-likeness (QED) is 0.525. The molecule has 0 saturated carbocycles. The van der Waals surface area contributed by atoms with Gasteiger partial charge in [-0.15, -0.1) is 0 Å². The summed E-state index contributed by atoms with van der Waals surface area (Å²) in [6, 6.07) is 0. The fourth-order valence-electron chi connectivity index (χ4n) is 2.85. The summed E-state index contributed by atoms with van der Waals surface area (Å²) in [5.41, 5.74) is -1.78. The Bertz CT molecular complexity index is 593. The lowest BCUT2D eigenvalue weighted by Crippen LogP contribution is -2.46. The number of allylic oxidation sites excluding steroid dienone is 3. The molecule has 1 unspecified atom stereocenters. The fraction of sp³-hybridized carbons (Fsp3) is 0.632. The van der Waals surface area contributed by atoms with Crippen LogP contribution in [0.1, 0.15) is 60.3 Å². The molecule has 0 heterocycles. The first kappa shape index (κ1) is 20.3. The molecule has 1 aliphatic carbocycles. The zero-order chi connectivity index (χ0) is 18.7. The van der Waals surface area contributed by atoms with Gasteiger partial charge in [-0.2, -0.15) is 0 Å². The third-order valence-corrected chi connectivity index (χ3v) is 4.40. The van der Waals surface area contributed by atoms with Gasteiger partial charge in [0.15, 0.2) is 23.0 Å². The third-order valence-electron chi connectivity index (χ3n) is 4.40. The highest BCUT2D eigenvalue weighted by atomic mass is 16.3. The summed E-state index contributed by atoms with van der Waals surface area (Å²) in [7, 11) is 0. The number of carbonyl (C=O) groups is 3. The largest absolute Gasteiger partial charge is 0.508 e. The highest BCUT2D eigenvalue weighted by Gasteiger charge is 2.58. The highest BCUT2D eigenvalue weighted by Crippen LogP contribution is 2.41. The van der Waals surface area contributed by atoms with Gasteiger partial charge in [0, 0.05) is 12.8 Å². The maximum Gasteiger partial charge on any atom is 0.191 e. The predicted octanol–water partition coefficient (Wildman–Crippen LogP) is 3.07. The minimum absolute atomic E-state index is 0.0246. The van der Waals surface area contributed by atoms with Crippen LogP contribution in [0, 0.1) is 11.8 Å². The molecule has 0 aromatic heterocycles. The third kappa shape index (κ3) is 3.83. The molecule has 2 N–H and O–H groups in total. The molecule has 1 rings (SSSR count). The lowest BCUT2D eigenvalue weighted by Gasteiger charge is -2.27. The van der Waals surface area contributed by atoms with E-state index in [2.05, 4.69) is 0 Å². The molecule has 5 nitrogen and oxygen atoms in total. The molecule has 0 aromatic carbocycles. The first-order valence-electron chi connectivity index (χ1n) is 8.47. The van der Waals surface area contributed by atoms with E-state index in [4.69, 9.17) is 0 Å². The Morgan fingerprint density at radius 1 is 1.29 bits per heavy atom. The maximum absolute atomic E-state index is 12.6. The normalized spacial score (nSPS) is 23.8. The van der Waals surface area contributed by atoms with E-state index in [9.17, 15) is 24.6 Å². The first-order valence-corrected chi connectivity index (χ1v) is 8.47. The lowest BCUT2D eigenvalue weighted by molar-refractivity contribution is -0.145. The Kier molecular flexibility index (Phi) is 6.67. The molecule has 0 bridgehead atoms. The topological polar surface area (TPSA) is 91.7 Å². The van der Waals surface area contributed by atoms with Gasteiger partial charge in [-0.05, 0) is 32.6 Å². The second-order valence-electron chi connectivity index (χ2n) is 7.06. The molecule has 134 valence electrons. The smallest absolute Gasteiger partial charge is 0.191 e. The van der Waals surface area contributed by atoms with Crippen molar-refractivity contribution in [2.45, 2.75) is 65.9 Å². The van der Waals surface area contributed by atoms with Gasteiger partial charge >= 0.3 is 0 Å². The number of aliphatic hydroxyl groups is 2. The van der Waals surface area contributed by atoms with Crippen LogP contribution >= 0.6 is 0 Å². The standard InChI is InChI=1S/C19H28O5/c1-6-14(20)16-17(22)13(9-7-11(2)3)19(24,18(16)23)15(21)10-8-12(4)5/h7,12-13,23-24H,6,8-10H2,1-5H3/t13-,19?/m1/s1. The Hall–Kier alpha value is -1.75. The molecule has 0 spiro atoms. The van der Waals surface area contributed by atoms with Crippen LogP contribution in [-0.2, 0) is 14.4 Å². The Morgan fingerprint density at radius 2 is 1.88 bits per heavy atom. The zero-order valence-electron chi connectivity index (χ0n) is 15.2. The van der Waals surface area contributed by atoms with Crippen LogP contribution in [0.5, 0.6) is 0 Å². The number of carbonyl (C=O) groups excluding carboxylic acids is 3. The van der Waals surface area contributed by atoms with Crippen LogP contribution in [0.3, 0.4) is 0 Å². The van der Waals surface area contributed by atoms with Gasteiger partial charge in [-0.1, -0.05) is 32.4 Å². The second-order valence-corrected chi connectivity index (χ2v) is 7.06. The SMILES string of the molecule is CCC(=O)C1=C(O)C(O)(C(=O)CCC(C)C)[C@H](CC=C(C)C)C1=O. The van der Waals surface area contributed by atoms with Crippen LogP contribution in [0.25, 0.3) is 0 Å². The van der Waals surface area contributed by atoms with Crippen LogP contribution in [0.2, 0.25) is 0 Å². The van der Waals surface area contributed by atoms with Crippen LogP contribution < -0.4 is 0 Å². The van der Waals surface area contributed by atoms with Crippen molar-refractivity contribution >= 4 is 17.3 Å². The summed E-state index contributed by atoms with van der Waals surface area (Å²) < 4.78 is 0. The molecule has 24 heavy (non-hydrogen) atoms. The van der Waals surface area contributed by atoms with E-state index >= 15 is 0 Å². The molecule has 0 saturated heterocycles. The van der Waals surface area contributed by atoms with Gasteiger partial charge in [0.25, 0.3) is 0 Å². The number of hydrogen-bond donors (Lipinski definition) is 2. The molecule has 5 heteroatoms. The molecule has 0 fully saturated rings. The van der Waals surface area contributed by atoms with Gasteiger partial charge in [0.05, 0.1) is 5.92 Å². The molecule has 0 aliphatic heterocycles. The van der Waals surface area contributed by atoms with Crippen molar-refractivity contribution < 1.29 is 24.6 Å². The number of hydrogen-bond acceptors (Lipinski definition) is 5. The molecule has 0 aromatic rings. The summed E-state index contributed by atoms with van der Waals surface area (Å²) in [5.74, 6) is -3.45. The van der Waals surface area contributed by atoms with Crippen molar-refractivity contribution in [2.24, 2.45) is 11.8 Å². The monoisotopic (exact) mass is 336 g/mol. The number of Topliss-reactive ketones (excluding diaryl/α,β-unsaturated/α-hetero) is 3. The van der Waals surface area contributed by atoms with Crippen molar-refractivity contribution in [3.8, 4) is 0 Å². The Morgan fingerprint density at radius 3 is 2.33 bits per heavy atom. The summed E-state index contributed by atoms with van der Waals surface area (Å²) >= 11 is 0. The highest BCUT2D eigenvalue weighted by molar-refractivity contribution is 6.25. The van der Waals surface area contributed by atoms with Crippen molar-refractivity contribution in [2.75, 3.05) is 0 Å². The van der Waals surface area contributed by atoms with Crippen LogP contribution in [0.4, 0.5) is 0 Å². The van der Waals surface area contributed by atoms with Crippen molar-refractivity contribution in [3.63, 3.8) is 0 Å². The van der Waals surface area contributed by atoms with Gasteiger partial charge in [-0.3, -0.25) is 14.4 Å². The minimum atomic E-state index is -2.29. The van der Waals surface area contributed by atoms with E-state index in [1.807, 2.05) is 27.7 Å². The van der Waals surface area contributed by atoms with Crippen molar-refractivity contribution in [1.82, 2.24) is 0 Å². The molecule has 0 radical (unpaired) electrons. The average molecular weight is 336 g/mol. The molecular formula is C19H28O5. The van der Waals surface area contributed by atoms with E-state index in [0.29, 0.717) is 6.42 Å². The van der Waals surface area contributed by atoms with Crippen LogP contribution in [0.15, 0.2) is 23.0 Å². The molecular weight excluding hydrogens is 308 g/mol. The second kappa shape index (κ2) is 7.88. The van der Waals surface area contributed by atoms with Gasteiger partial charge in [-0.25, -0.2) is 0 Å². The van der Waals surface area contributed by atoms with E-state index < -0.39 is 40.2 Å². The number of ketones is 3. The fourth-order valence-corrected chi connectivity index (χ4v) is 2.85. The molecule has 0 amide bonds. The molecule has 1 aliphatic rings. The lowest BCUT2D eigenvalue weighted by atomic mass is 9.80. The van der Waals surface area contributed by atoms with E-state index in [1.54, 1.807) is 13.0 Å². The zero-order valence-corrected chi connectivity index (χ0v) is 15.2.